The zero-order valence-electron chi connectivity index (χ0n) is 9.09. The van der Waals surface area contributed by atoms with Crippen LogP contribution < -0.4 is 5.73 Å². The molecule has 0 saturated heterocycles. The molecule has 1 aliphatic rings. The Bertz CT molecular complexity index is 424. The topological polar surface area (TPSA) is 52.3 Å². The van der Waals surface area contributed by atoms with E-state index in [4.69, 9.17) is 10.5 Å². The summed E-state index contributed by atoms with van der Waals surface area (Å²) in [6.45, 7) is 1.98. The van der Waals surface area contributed by atoms with Crippen molar-refractivity contribution in [1.82, 2.24) is 0 Å². The normalized spacial score (nSPS) is 13.7. The van der Waals surface area contributed by atoms with E-state index in [0.29, 0.717) is 11.3 Å². The third-order valence-electron chi connectivity index (χ3n) is 3.13. The van der Waals surface area contributed by atoms with Crippen molar-refractivity contribution in [1.29, 1.82) is 0 Å². The molecule has 0 aliphatic heterocycles. The fourth-order valence-electron chi connectivity index (χ4n) is 2.25. The largest absolute Gasteiger partial charge is 0.465 e. The number of nitrogens with two attached hydrogens (primary N) is 1. The van der Waals surface area contributed by atoms with Gasteiger partial charge in [0.15, 0.2) is 0 Å². The lowest BCUT2D eigenvalue weighted by atomic mass is 9.98. The molecule has 15 heavy (non-hydrogen) atoms. The second-order valence-electron chi connectivity index (χ2n) is 3.95. The Morgan fingerprint density at radius 2 is 2.20 bits per heavy atom. The second-order valence-corrected chi connectivity index (χ2v) is 3.95. The van der Waals surface area contributed by atoms with Crippen LogP contribution in [-0.4, -0.2) is 13.1 Å². The molecule has 3 nitrogen and oxygen atoms in total. The average Bonchev–Trinajstić information content (AvgIpc) is 2.70. The third-order valence-corrected chi connectivity index (χ3v) is 3.13. The monoisotopic (exact) mass is 205 g/mol. The van der Waals surface area contributed by atoms with Gasteiger partial charge in [-0.1, -0.05) is 0 Å². The maximum Gasteiger partial charge on any atom is 0.339 e. The third kappa shape index (κ3) is 1.48. The molecule has 0 heterocycles. The van der Waals surface area contributed by atoms with Gasteiger partial charge in [-0.15, -0.1) is 0 Å². The number of carbonyl (C=O) groups is 1. The maximum absolute atomic E-state index is 11.5. The number of anilines is 1. The minimum atomic E-state index is -0.342. The van der Waals surface area contributed by atoms with Crippen molar-refractivity contribution in [2.75, 3.05) is 12.8 Å². The molecule has 3 heteroatoms. The van der Waals surface area contributed by atoms with Crippen LogP contribution >= 0.6 is 0 Å². The Kier molecular flexibility index (Phi) is 2.39. The number of rotatable bonds is 1. The number of esters is 1. The number of nitrogen functional groups attached to an aromatic ring is 1. The minimum absolute atomic E-state index is 0.342. The second kappa shape index (κ2) is 3.57. The van der Waals surface area contributed by atoms with E-state index in [2.05, 4.69) is 0 Å². The summed E-state index contributed by atoms with van der Waals surface area (Å²) in [6, 6.07) is 1.89. The summed E-state index contributed by atoms with van der Waals surface area (Å²) in [5.74, 6) is -0.342. The summed E-state index contributed by atoms with van der Waals surface area (Å²) in [4.78, 5) is 11.5. The Balaban J connectivity index is 2.59. The van der Waals surface area contributed by atoms with Crippen LogP contribution in [0.5, 0.6) is 0 Å². The average molecular weight is 205 g/mol. The van der Waals surface area contributed by atoms with Gasteiger partial charge in [0.05, 0.1) is 12.7 Å². The van der Waals surface area contributed by atoms with Crippen LogP contribution in [0.4, 0.5) is 5.69 Å². The molecule has 2 N–H and O–H groups in total. The zero-order chi connectivity index (χ0) is 11.0. The molecule has 1 aromatic rings. The molecule has 0 bridgehead atoms. The van der Waals surface area contributed by atoms with Gasteiger partial charge in [0.1, 0.15) is 0 Å². The lowest BCUT2D eigenvalue weighted by Gasteiger charge is -2.11. The predicted octanol–water partition coefficient (Wildman–Crippen LogP) is 1.85. The molecule has 0 amide bonds. The fourth-order valence-corrected chi connectivity index (χ4v) is 2.25. The molecular weight excluding hydrogens is 190 g/mol. The standard InChI is InChI=1S/C12H15NO2/c1-7-9-5-3-4-8(9)6-10(11(7)13)12(14)15-2/h6H,3-5,13H2,1-2H3. The number of hydrogen-bond acceptors (Lipinski definition) is 3. The van der Waals surface area contributed by atoms with E-state index < -0.39 is 0 Å². The molecule has 0 aromatic heterocycles. The minimum Gasteiger partial charge on any atom is -0.465 e. The number of aryl methyl sites for hydroxylation is 1. The summed E-state index contributed by atoms with van der Waals surface area (Å²) >= 11 is 0. The van der Waals surface area contributed by atoms with E-state index in [-0.39, 0.29) is 5.97 Å². The lowest BCUT2D eigenvalue weighted by molar-refractivity contribution is 0.0602. The number of benzene rings is 1. The molecule has 1 aromatic carbocycles. The van der Waals surface area contributed by atoms with Crippen LogP contribution in [0, 0.1) is 6.92 Å². The molecule has 0 radical (unpaired) electrons. The van der Waals surface area contributed by atoms with Gasteiger partial charge in [-0.2, -0.15) is 0 Å². The molecule has 1 aliphatic carbocycles. The Labute approximate surface area is 89.2 Å². The van der Waals surface area contributed by atoms with E-state index in [1.165, 1.54) is 18.2 Å². The number of ether oxygens (including phenoxy) is 1. The van der Waals surface area contributed by atoms with Gasteiger partial charge in [-0.25, -0.2) is 4.79 Å². The van der Waals surface area contributed by atoms with E-state index in [9.17, 15) is 4.79 Å². The summed E-state index contributed by atoms with van der Waals surface area (Å²) in [5.41, 5.74) is 10.6. The van der Waals surface area contributed by atoms with Crippen LogP contribution in [0.2, 0.25) is 0 Å². The molecule has 0 saturated carbocycles. The molecule has 80 valence electrons. The van der Waals surface area contributed by atoms with Gasteiger partial charge in [0.2, 0.25) is 0 Å². The van der Waals surface area contributed by atoms with Crippen LogP contribution in [0.15, 0.2) is 6.07 Å². The zero-order valence-corrected chi connectivity index (χ0v) is 9.09. The molecule has 0 fully saturated rings. The van der Waals surface area contributed by atoms with Crippen LogP contribution in [0.1, 0.15) is 33.5 Å². The SMILES string of the molecule is COC(=O)c1cc2c(c(C)c1N)CCC2. The molecular formula is C12H15NO2. The highest BCUT2D eigenvalue weighted by atomic mass is 16.5. The van der Waals surface area contributed by atoms with Crippen molar-refractivity contribution in [2.24, 2.45) is 0 Å². The first kappa shape index (κ1) is 10.0. The van der Waals surface area contributed by atoms with Crippen molar-refractivity contribution in [3.05, 3.63) is 28.3 Å². The van der Waals surface area contributed by atoms with E-state index >= 15 is 0 Å². The van der Waals surface area contributed by atoms with Gasteiger partial charge in [-0.05, 0) is 48.9 Å². The molecule has 0 atom stereocenters. The van der Waals surface area contributed by atoms with Crippen molar-refractivity contribution in [3.8, 4) is 0 Å². The molecule has 2 rings (SSSR count). The highest BCUT2D eigenvalue weighted by Gasteiger charge is 2.20. The first-order valence-electron chi connectivity index (χ1n) is 5.14. The smallest absolute Gasteiger partial charge is 0.339 e. The van der Waals surface area contributed by atoms with Gasteiger partial charge >= 0.3 is 5.97 Å². The van der Waals surface area contributed by atoms with E-state index in [0.717, 1.165) is 24.8 Å². The van der Waals surface area contributed by atoms with Crippen LogP contribution in [-0.2, 0) is 17.6 Å². The van der Waals surface area contributed by atoms with Gasteiger partial charge in [-0.3, -0.25) is 0 Å². The lowest BCUT2D eigenvalue weighted by Crippen LogP contribution is -2.09. The summed E-state index contributed by atoms with van der Waals surface area (Å²) in [7, 11) is 1.38. The van der Waals surface area contributed by atoms with Crippen LogP contribution in [0.3, 0.4) is 0 Å². The number of carbonyl (C=O) groups excluding carboxylic acids is 1. The number of methoxy groups -OCH3 is 1. The first-order chi connectivity index (χ1) is 7.15. The van der Waals surface area contributed by atoms with Gasteiger partial charge in [0.25, 0.3) is 0 Å². The van der Waals surface area contributed by atoms with Crippen molar-refractivity contribution in [3.63, 3.8) is 0 Å². The summed E-state index contributed by atoms with van der Waals surface area (Å²) < 4.78 is 4.71. The quantitative estimate of drug-likeness (QED) is 0.562. The molecule has 0 spiro atoms. The summed E-state index contributed by atoms with van der Waals surface area (Å²) in [5, 5.41) is 0. The summed E-state index contributed by atoms with van der Waals surface area (Å²) in [6.07, 6.45) is 3.27. The van der Waals surface area contributed by atoms with Crippen molar-refractivity contribution >= 4 is 11.7 Å². The first-order valence-corrected chi connectivity index (χ1v) is 5.14. The maximum atomic E-state index is 11.5. The van der Waals surface area contributed by atoms with E-state index in [1.54, 1.807) is 0 Å². The van der Waals surface area contributed by atoms with Crippen molar-refractivity contribution in [2.45, 2.75) is 26.2 Å². The van der Waals surface area contributed by atoms with E-state index in [1.807, 2.05) is 13.0 Å². The predicted molar refractivity (Wildman–Crippen MR) is 59.0 cm³/mol. The van der Waals surface area contributed by atoms with Crippen LogP contribution in [0.25, 0.3) is 0 Å². The van der Waals surface area contributed by atoms with Gasteiger partial charge < -0.3 is 10.5 Å². The van der Waals surface area contributed by atoms with Gasteiger partial charge in [0, 0.05) is 5.69 Å². The Hall–Kier alpha value is -1.51. The highest BCUT2D eigenvalue weighted by Crippen LogP contribution is 2.31. The molecule has 0 unspecified atom stereocenters. The Morgan fingerprint density at radius 1 is 1.47 bits per heavy atom. The Morgan fingerprint density at radius 3 is 2.87 bits per heavy atom. The highest BCUT2D eigenvalue weighted by molar-refractivity contribution is 5.96. The van der Waals surface area contributed by atoms with Crippen molar-refractivity contribution < 1.29 is 9.53 Å². The fraction of sp³-hybridized carbons (Fsp3) is 0.417. The number of fused-ring (bicyclic) bond motifs is 1. The number of hydrogen-bond donors (Lipinski definition) is 1.